The molecule has 0 bridgehead atoms. The molecule has 0 aromatic heterocycles. The highest BCUT2D eigenvalue weighted by atomic mass is 32.2. The van der Waals surface area contributed by atoms with Gasteiger partial charge in [-0.2, -0.15) is 0 Å². The zero-order valence-electron chi connectivity index (χ0n) is 18.1. The SMILES string of the molecule is CC[C@H](C)OC(=O)CN1C(=O)S/C(=C/c2cccc(OCc3ccc([N+](=O)[O-])cc3)c2)C1=O. The van der Waals surface area contributed by atoms with Gasteiger partial charge in [0.05, 0.1) is 15.9 Å². The summed E-state index contributed by atoms with van der Waals surface area (Å²) in [7, 11) is 0. The van der Waals surface area contributed by atoms with Crippen LogP contribution in [-0.4, -0.2) is 39.6 Å². The van der Waals surface area contributed by atoms with E-state index in [2.05, 4.69) is 0 Å². The molecule has 1 fully saturated rings. The number of esters is 1. The van der Waals surface area contributed by atoms with Gasteiger partial charge in [-0.05, 0) is 66.6 Å². The molecule has 1 heterocycles. The van der Waals surface area contributed by atoms with E-state index in [1.807, 2.05) is 6.92 Å². The fourth-order valence-electron chi connectivity index (χ4n) is 2.84. The molecule has 0 radical (unpaired) electrons. The average molecular weight is 471 g/mol. The van der Waals surface area contributed by atoms with E-state index in [9.17, 15) is 24.5 Å². The summed E-state index contributed by atoms with van der Waals surface area (Å²) in [6.45, 7) is 3.38. The number of thioether (sulfide) groups is 1. The number of imide groups is 1. The minimum absolute atomic E-state index is 0.00262. The van der Waals surface area contributed by atoms with Crippen molar-refractivity contribution in [2.75, 3.05) is 6.54 Å². The predicted molar refractivity (Wildman–Crippen MR) is 122 cm³/mol. The van der Waals surface area contributed by atoms with Crippen LogP contribution in [0, 0.1) is 10.1 Å². The zero-order chi connectivity index (χ0) is 24.0. The molecule has 1 aliphatic rings. The van der Waals surface area contributed by atoms with Crippen LogP contribution in [0.1, 0.15) is 31.4 Å². The molecule has 3 rings (SSSR count). The second-order valence-electron chi connectivity index (χ2n) is 7.26. The molecule has 0 aliphatic carbocycles. The third-order valence-electron chi connectivity index (χ3n) is 4.78. The molecular weight excluding hydrogens is 448 g/mol. The Bertz CT molecular complexity index is 1100. The molecule has 33 heavy (non-hydrogen) atoms. The fraction of sp³-hybridized carbons (Fsp3) is 0.261. The molecule has 0 unspecified atom stereocenters. The van der Waals surface area contributed by atoms with Crippen LogP contribution >= 0.6 is 11.8 Å². The van der Waals surface area contributed by atoms with Gasteiger partial charge in [-0.1, -0.05) is 19.1 Å². The Labute approximate surface area is 194 Å². The number of nitro groups is 1. The van der Waals surface area contributed by atoms with E-state index < -0.39 is 28.6 Å². The number of hydrogen-bond acceptors (Lipinski definition) is 8. The second kappa shape index (κ2) is 10.8. The van der Waals surface area contributed by atoms with Crippen molar-refractivity contribution in [2.24, 2.45) is 0 Å². The van der Waals surface area contributed by atoms with Crippen LogP contribution in [0.2, 0.25) is 0 Å². The lowest BCUT2D eigenvalue weighted by molar-refractivity contribution is -0.384. The number of nitro benzene ring substituents is 1. The Hall–Kier alpha value is -3.66. The molecule has 0 N–H and O–H groups in total. The van der Waals surface area contributed by atoms with Crippen LogP contribution < -0.4 is 4.74 Å². The lowest BCUT2D eigenvalue weighted by Crippen LogP contribution is -2.35. The van der Waals surface area contributed by atoms with Gasteiger partial charge in [0.15, 0.2) is 0 Å². The Morgan fingerprint density at radius 3 is 2.61 bits per heavy atom. The van der Waals surface area contributed by atoms with Crippen molar-refractivity contribution in [1.29, 1.82) is 0 Å². The first-order chi connectivity index (χ1) is 15.8. The summed E-state index contributed by atoms with van der Waals surface area (Å²) < 4.78 is 10.9. The highest BCUT2D eigenvalue weighted by Gasteiger charge is 2.36. The van der Waals surface area contributed by atoms with Crippen LogP contribution in [0.15, 0.2) is 53.4 Å². The number of nitrogens with zero attached hydrogens (tertiary/aromatic N) is 2. The Morgan fingerprint density at radius 1 is 1.21 bits per heavy atom. The van der Waals surface area contributed by atoms with E-state index in [1.54, 1.807) is 49.4 Å². The standard InChI is InChI=1S/C23H22N2O7S/c1-3-15(2)32-21(26)13-24-22(27)20(33-23(24)28)12-17-5-4-6-19(11-17)31-14-16-7-9-18(10-8-16)25(29)30/h4-12,15H,3,13-14H2,1-2H3/b20-12+/t15-/m0/s1. The van der Waals surface area contributed by atoms with Gasteiger partial charge in [0, 0.05) is 12.1 Å². The molecule has 0 spiro atoms. The van der Waals surface area contributed by atoms with Crippen molar-refractivity contribution in [1.82, 2.24) is 4.90 Å². The topological polar surface area (TPSA) is 116 Å². The van der Waals surface area contributed by atoms with Crippen LogP contribution in [0.4, 0.5) is 10.5 Å². The minimum Gasteiger partial charge on any atom is -0.489 e. The number of rotatable bonds is 9. The van der Waals surface area contributed by atoms with Gasteiger partial charge < -0.3 is 9.47 Å². The molecule has 2 aromatic rings. The van der Waals surface area contributed by atoms with Crippen molar-refractivity contribution >= 4 is 40.6 Å². The first kappa shape index (κ1) is 24.0. The highest BCUT2D eigenvalue weighted by Crippen LogP contribution is 2.32. The zero-order valence-corrected chi connectivity index (χ0v) is 18.9. The summed E-state index contributed by atoms with van der Waals surface area (Å²) in [5, 5.41) is 10.2. The van der Waals surface area contributed by atoms with E-state index in [0.717, 1.165) is 22.2 Å². The summed E-state index contributed by atoms with van der Waals surface area (Å²) in [4.78, 5) is 48.1. The Kier molecular flexibility index (Phi) is 7.83. The van der Waals surface area contributed by atoms with E-state index in [-0.39, 0.29) is 23.3 Å². The van der Waals surface area contributed by atoms with Crippen molar-refractivity contribution in [3.63, 3.8) is 0 Å². The third-order valence-corrected chi connectivity index (χ3v) is 5.68. The van der Waals surface area contributed by atoms with Gasteiger partial charge in [-0.15, -0.1) is 0 Å². The van der Waals surface area contributed by atoms with Crippen molar-refractivity contribution < 1.29 is 28.8 Å². The summed E-state index contributed by atoms with van der Waals surface area (Å²) in [6, 6.07) is 13.0. The molecule has 172 valence electrons. The van der Waals surface area contributed by atoms with Gasteiger partial charge in [-0.25, -0.2) is 0 Å². The highest BCUT2D eigenvalue weighted by molar-refractivity contribution is 8.18. The number of ether oxygens (including phenoxy) is 2. The maximum atomic E-state index is 12.6. The number of non-ortho nitro benzene ring substituents is 1. The van der Waals surface area contributed by atoms with Gasteiger partial charge in [0.25, 0.3) is 16.8 Å². The van der Waals surface area contributed by atoms with Gasteiger partial charge in [-0.3, -0.25) is 29.4 Å². The normalized spacial score (nSPS) is 15.6. The minimum atomic E-state index is -0.630. The van der Waals surface area contributed by atoms with Gasteiger partial charge >= 0.3 is 5.97 Å². The maximum absolute atomic E-state index is 12.6. The smallest absolute Gasteiger partial charge is 0.326 e. The van der Waals surface area contributed by atoms with Crippen molar-refractivity contribution in [3.8, 4) is 5.75 Å². The number of benzene rings is 2. The van der Waals surface area contributed by atoms with E-state index in [4.69, 9.17) is 9.47 Å². The number of carbonyl (C=O) groups excluding carboxylic acids is 3. The van der Waals surface area contributed by atoms with Crippen molar-refractivity contribution in [2.45, 2.75) is 33.0 Å². The van der Waals surface area contributed by atoms with Crippen LogP contribution in [0.25, 0.3) is 6.08 Å². The first-order valence-corrected chi connectivity index (χ1v) is 11.0. The quantitative estimate of drug-likeness (QED) is 0.227. The Balaban J connectivity index is 1.64. The first-order valence-electron chi connectivity index (χ1n) is 10.2. The van der Waals surface area contributed by atoms with Crippen LogP contribution in [0.3, 0.4) is 0 Å². The van der Waals surface area contributed by atoms with Crippen molar-refractivity contribution in [3.05, 3.63) is 74.7 Å². The monoisotopic (exact) mass is 470 g/mol. The second-order valence-corrected chi connectivity index (χ2v) is 8.25. The van der Waals surface area contributed by atoms with E-state index in [0.29, 0.717) is 17.7 Å². The molecule has 0 saturated carbocycles. The lowest BCUT2D eigenvalue weighted by Gasteiger charge is -2.14. The molecule has 2 aromatic carbocycles. The molecule has 1 atom stereocenters. The molecule has 1 aliphatic heterocycles. The Morgan fingerprint density at radius 2 is 1.94 bits per heavy atom. The van der Waals surface area contributed by atoms with Crippen LogP contribution in [-0.2, 0) is 20.9 Å². The van der Waals surface area contributed by atoms with Gasteiger partial charge in [0.2, 0.25) is 0 Å². The summed E-state index contributed by atoms with van der Waals surface area (Å²) >= 11 is 0.758. The number of hydrogen-bond donors (Lipinski definition) is 0. The van der Waals surface area contributed by atoms with Crippen LogP contribution in [0.5, 0.6) is 5.75 Å². The molecule has 2 amide bonds. The average Bonchev–Trinajstić information content (AvgIpc) is 3.05. The lowest BCUT2D eigenvalue weighted by atomic mass is 10.2. The fourth-order valence-corrected chi connectivity index (χ4v) is 3.67. The number of carbonyl (C=O) groups is 3. The third kappa shape index (κ3) is 6.42. The molecule has 1 saturated heterocycles. The molecular formula is C23H22N2O7S. The number of amides is 2. The summed E-state index contributed by atoms with van der Waals surface area (Å²) in [5.74, 6) is -0.656. The van der Waals surface area contributed by atoms with Gasteiger partial charge in [0.1, 0.15) is 18.9 Å². The van der Waals surface area contributed by atoms with E-state index in [1.165, 1.54) is 12.1 Å². The molecule has 10 heteroatoms. The van der Waals surface area contributed by atoms with E-state index >= 15 is 0 Å². The predicted octanol–water partition coefficient (Wildman–Crippen LogP) is 4.55. The summed E-state index contributed by atoms with van der Waals surface area (Å²) in [6.07, 6.45) is 1.90. The largest absolute Gasteiger partial charge is 0.489 e. The maximum Gasteiger partial charge on any atom is 0.326 e. The molecule has 9 nitrogen and oxygen atoms in total. The summed E-state index contributed by atoms with van der Waals surface area (Å²) in [5.41, 5.74) is 1.41.